The van der Waals surface area contributed by atoms with E-state index in [0.29, 0.717) is 12.5 Å². The molecule has 0 radical (unpaired) electrons. The maximum Gasteiger partial charge on any atom is 0.127 e. The van der Waals surface area contributed by atoms with Gasteiger partial charge in [-0.15, -0.1) is 11.6 Å². The lowest BCUT2D eigenvalue weighted by Gasteiger charge is -2.11. The van der Waals surface area contributed by atoms with Crippen LogP contribution in [0.2, 0.25) is 0 Å². The molecule has 0 atom stereocenters. The summed E-state index contributed by atoms with van der Waals surface area (Å²) >= 11 is 9.31. The topological polar surface area (TPSA) is 18.5 Å². The van der Waals surface area contributed by atoms with Gasteiger partial charge in [0, 0.05) is 16.1 Å². The zero-order valence-corrected chi connectivity index (χ0v) is 12.9. The van der Waals surface area contributed by atoms with Gasteiger partial charge in [-0.05, 0) is 23.8 Å². The van der Waals surface area contributed by atoms with E-state index >= 15 is 0 Å². The molecule has 0 aliphatic heterocycles. The molecule has 0 saturated carbocycles. The zero-order chi connectivity index (χ0) is 13.7. The summed E-state index contributed by atoms with van der Waals surface area (Å²) in [6.07, 6.45) is 0. The van der Waals surface area contributed by atoms with Crippen LogP contribution in [0.5, 0.6) is 11.5 Å². The molecule has 0 aliphatic rings. The second-order valence-electron chi connectivity index (χ2n) is 4.02. The summed E-state index contributed by atoms with van der Waals surface area (Å²) in [5.74, 6) is 1.94. The molecule has 0 fully saturated rings. The van der Waals surface area contributed by atoms with Crippen molar-refractivity contribution in [3.8, 4) is 11.5 Å². The van der Waals surface area contributed by atoms with Crippen LogP contribution in [0.15, 0.2) is 46.9 Å². The van der Waals surface area contributed by atoms with Gasteiger partial charge in [-0.2, -0.15) is 0 Å². The SMILES string of the molecule is COc1ccc(CCl)c(OCc2ccc(Br)cc2)c1. The molecule has 0 aliphatic carbocycles. The molecule has 2 rings (SSSR count). The summed E-state index contributed by atoms with van der Waals surface area (Å²) in [6, 6.07) is 13.7. The van der Waals surface area contributed by atoms with Gasteiger partial charge in [0.15, 0.2) is 0 Å². The van der Waals surface area contributed by atoms with Gasteiger partial charge >= 0.3 is 0 Å². The van der Waals surface area contributed by atoms with E-state index in [2.05, 4.69) is 15.9 Å². The molecule has 19 heavy (non-hydrogen) atoms. The minimum atomic E-state index is 0.416. The molecule has 0 N–H and O–H groups in total. The second kappa shape index (κ2) is 6.83. The quantitative estimate of drug-likeness (QED) is 0.729. The number of halogens is 2. The third kappa shape index (κ3) is 3.88. The normalized spacial score (nSPS) is 10.3. The lowest BCUT2D eigenvalue weighted by molar-refractivity contribution is 0.301. The number of alkyl halides is 1. The average Bonchev–Trinajstić information content (AvgIpc) is 2.46. The highest BCUT2D eigenvalue weighted by Gasteiger charge is 2.05. The van der Waals surface area contributed by atoms with Gasteiger partial charge in [0.25, 0.3) is 0 Å². The monoisotopic (exact) mass is 340 g/mol. The standard InChI is InChI=1S/C15H14BrClO2/c1-18-14-7-4-12(9-17)15(8-14)19-10-11-2-5-13(16)6-3-11/h2-8H,9-10H2,1H3. The van der Waals surface area contributed by atoms with Crippen LogP contribution in [0.3, 0.4) is 0 Å². The third-order valence-electron chi connectivity index (χ3n) is 2.73. The number of hydrogen-bond acceptors (Lipinski definition) is 2. The van der Waals surface area contributed by atoms with Gasteiger partial charge in [-0.1, -0.05) is 34.1 Å². The number of rotatable bonds is 5. The Labute approximate surface area is 126 Å². The molecule has 0 aromatic heterocycles. The van der Waals surface area contributed by atoms with E-state index in [1.54, 1.807) is 7.11 Å². The molecular weight excluding hydrogens is 328 g/mol. The van der Waals surface area contributed by atoms with Crippen LogP contribution in [0.25, 0.3) is 0 Å². The fraction of sp³-hybridized carbons (Fsp3) is 0.200. The lowest BCUT2D eigenvalue weighted by Crippen LogP contribution is -1.98. The fourth-order valence-corrected chi connectivity index (χ4v) is 2.13. The van der Waals surface area contributed by atoms with Crippen molar-refractivity contribution in [2.75, 3.05) is 7.11 Å². The largest absolute Gasteiger partial charge is 0.497 e. The molecule has 0 amide bonds. The van der Waals surface area contributed by atoms with Crippen LogP contribution in [-0.2, 0) is 12.5 Å². The summed E-state index contributed by atoms with van der Waals surface area (Å²) < 4.78 is 12.1. The van der Waals surface area contributed by atoms with Gasteiger partial charge in [-0.3, -0.25) is 0 Å². The number of hydrogen-bond donors (Lipinski definition) is 0. The van der Waals surface area contributed by atoms with E-state index in [4.69, 9.17) is 21.1 Å². The van der Waals surface area contributed by atoms with Crippen molar-refractivity contribution in [1.29, 1.82) is 0 Å². The first-order valence-corrected chi connectivity index (χ1v) is 7.16. The van der Waals surface area contributed by atoms with E-state index < -0.39 is 0 Å². The predicted octanol–water partition coefficient (Wildman–Crippen LogP) is 4.78. The van der Waals surface area contributed by atoms with Crippen LogP contribution < -0.4 is 9.47 Å². The molecule has 4 heteroatoms. The molecule has 0 bridgehead atoms. The molecule has 0 saturated heterocycles. The van der Waals surface area contributed by atoms with Crippen LogP contribution in [0, 0.1) is 0 Å². The molecule has 2 nitrogen and oxygen atoms in total. The summed E-state index contributed by atoms with van der Waals surface area (Å²) in [4.78, 5) is 0. The second-order valence-corrected chi connectivity index (χ2v) is 5.21. The fourth-order valence-electron chi connectivity index (χ4n) is 1.65. The average molecular weight is 342 g/mol. The van der Waals surface area contributed by atoms with Gasteiger partial charge in [0.05, 0.1) is 13.0 Å². The van der Waals surface area contributed by atoms with E-state index in [1.165, 1.54) is 0 Å². The first-order chi connectivity index (χ1) is 9.22. The van der Waals surface area contributed by atoms with Gasteiger partial charge in [0.1, 0.15) is 18.1 Å². The Morgan fingerprint density at radius 3 is 2.47 bits per heavy atom. The van der Waals surface area contributed by atoms with Gasteiger partial charge in [0.2, 0.25) is 0 Å². The minimum Gasteiger partial charge on any atom is -0.497 e. The summed E-state index contributed by atoms with van der Waals surface area (Å²) in [5, 5.41) is 0. The molecule has 2 aromatic carbocycles. The van der Waals surface area contributed by atoms with Crippen molar-refractivity contribution >= 4 is 27.5 Å². The first kappa shape index (κ1) is 14.2. The van der Waals surface area contributed by atoms with Crippen LogP contribution in [-0.4, -0.2) is 7.11 Å². The number of ether oxygens (including phenoxy) is 2. The van der Waals surface area contributed by atoms with Crippen molar-refractivity contribution in [3.05, 3.63) is 58.1 Å². The van der Waals surface area contributed by atoms with Gasteiger partial charge in [-0.25, -0.2) is 0 Å². The van der Waals surface area contributed by atoms with E-state index in [1.807, 2.05) is 42.5 Å². The van der Waals surface area contributed by atoms with E-state index in [9.17, 15) is 0 Å². The summed E-state index contributed by atoms with van der Waals surface area (Å²) in [7, 11) is 1.63. The number of methoxy groups -OCH3 is 1. The molecule has 100 valence electrons. The van der Waals surface area contributed by atoms with Crippen molar-refractivity contribution in [2.45, 2.75) is 12.5 Å². The van der Waals surface area contributed by atoms with Crippen molar-refractivity contribution in [1.82, 2.24) is 0 Å². The van der Waals surface area contributed by atoms with E-state index in [0.717, 1.165) is 27.1 Å². The van der Waals surface area contributed by atoms with E-state index in [-0.39, 0.29) is 0 Å². The Balaban J connectivity index is 2.11. The predicted molar refractivity (Wildman–Crippen MR) is 81.0 cm³/mol. The smallest absolute Gasteiger partial charge is 0.127 e. The van der Waals surface area contributed by atoms with Crippen molar-refractivity contribution in [3.63, 3.8) is 0 Å². The minimum absolute atomic E-state index is 0.416. The van der Waals surface area contributed by atoms with Gasteiger partial charge < -0.3 is 9.47 Å². The molecule has 0 unspecified atom stereocenters. The third-order valence-corrected chi connectivity index (χ3v) is 3.54. The Hall–Kier alpha value is -1.19. The first-order valence-electron chi connectivity index (χ1n) is 5.83. The zero-order valence-electron chi connectivity index (χ0n) is 10.5. The summed E-state index contributed by atoms with van der Waals surface area (Å²) in [6.45, 7) is 0.504. The van der Waals surface area contributed by atoms with Crippen LogP contribution in [0.1, 0.15) is 11.1 Å². The Morgan fingerprint density at radius 2 is 1.84 bits per heavy atom. The number of benzene rings is 2. The highest BCUT2D eigenvalue weighted by molar-refractivity contribution is 9.10. The lowest BCUT2D eigenvalue weighted by atomic mass is 10.2. The summed E-state index contributed by atoms with van der Waals surface area (Å²) in [5.41, 5.74) is 2.06. The van der Waals surface area contributed by atoms with Crippen LogP contribution >= 0.6 is 27.5 Å². The highest BCUT2D eigenvalue weighted by atomic mass is 79.9. The maximum absolute atomic E-state index is 5.90. The Bertz CT molecular complexity index is 540. The molecule has 2 aromatic rings. The Kier molecular flexibility index (Phi) is 5.11. The van der Waals surface area contributed by atoms with Crippen molar-refractivity contribution < 1.29 is 9.47 Å². The maximum atomic E-state index is 5.90. The Morgan fingerprint density at radius 1 is 1.11 bits per heavy atom. The molecule has 0 heterocycles. The van der Waals surface area contributed by atoms with Crippen molar-refractivity contribution in [2.24, 2.45) is 0 Å². The molecule has 0 spiro atoms. The highest BCUT2D eigenvalue weighted by Crippen LogP contribution is 2.27. The molecular formula is C15H14BrClO2. The van der Waals surface area contributed by atoms with Crippen LogP contribution in [0.4, 0.5) is 0 Å².